The Morgan fingerprint density at radius 1 is 1.31 bits per heavy atom. The van der Waals surface area contributed by atoms with Crippen molar-refractivity contribution in [2.24, 2.45) is 5.73 Å². The maximum Gasteiger partial charge on any atom is 0.0223 e. The summed E-state index contributed by atoms with van der Waals surface area (Å²) in [6.45, 7) is 11.3. The highest BCUT2D eigenvalue weighted by atomic mass is 15.0. The molecule has 0 saturated heterocycles. The Balaban J connectivity index is 3.18. The van der Waals surface area contributed by atoms with Crippen LogP contribution in [0.3, 0.4) is 0 Å². The van der Waals surface area contributed by atoms with Crippen LogP contribution in [-0.4, -0.2) is 31.2 Å². The van der Waals surface area contributed by atoms with Gasteiger partial charge in [0, 0.05) is 31.2 Å². The first kappa shape index (κ1) is 12.9. The van der Waals surface area contributed by atoms with Gasteiger partial charge in [-0.05, 0) is 27.2 Å². The normalized spacial score (nSPS) is 14.5. The van der Waals surface area contributed by atoms with E-state index in [0.29, 0.717) is 6.04 Å². The number of rotatable bonds is 7. The smallest absolute Gasteiger partial charge is 0.0223 e. The fraction of sp³-hybridized carbons (Fsp3) is 1.00. The Hall–Kier alpha value is -0.120. The zero-order valence-corrected chi connectivity index (χ0v) is 9.48. The van der Waals surface area contributed by atoms with Gasteiger partial charge in [-0.15, -0.1) is 0 Å². The van der Waals surface area contributed by atoms with Crippen LogP contribution in [0.15, 0.2) is 0 Å². The Kier molecular flexibility index (Phi) is 6.29. The van der Waals surface area contributed by atoms with Crippen molar-refractivity contribution < 1.29 is 0 Å². The molecule has 0 spiro atoms. The first-order chi connectivity index (χ1) is 5.95. The van der Waals surface area contributed by atoms with Gasteiger partial charge in [0.1, 0.15) is 0 Å². The van der Waals surface area contributed by atoms with Crippen LogP contribution in [0.4, 0.5) is 0 Å². The maximum atomic E-state index is 5.82. The molecule has 4 N–H and O–H groups in total. The molecule has 13 heavy (non-hydrogen) atoms. The molecule has 1 unspecified atom stereocenters. The molecule has 80 valence electrons. The van der Waals surface area contributed by atoms with E-state index in [1.807, 2.05) is 13.8 Å². The van der Waals surface area contributed by atoms with Crippen LogP contribution < -0.4 is 16.4 Å². The van der Waals surface area contributed by atoms with Crippen LogP contribution >= 0.6 is 0 Å². The average Bonchev–Trinajstić information content (AvgIpc) is 2.01. The molecule has 0 aliphatic heterocycles. The van der Waals surface area contributed by atoms with Crippen molar-refractivity contribution in [3.8, 4) is 0 Å². The third-order valence-electron chi connectivity index (χ3n) is 1.99. The van der Waals surface area contributed by atoms with Crippen LogP contribution in [0.2, 0.25) is 0 Å². The summed E-state index contributed by atoms with van der Waals surface area (Å²) in [5, 5.41) is 6.73. The average molecular weight is 187 g/mol. The second kappa shape index (κ2) is 6.35. The van der Waals surface area contributed by atoms with Crippen molar-refractivity contribution in [1.29, 1.82) is 0 Å². The predicted octanol–water partition coefficient (Wildman–Crippen LogP) is 0.701. The molecule has 0 heterocycles. The van der Waals surface area contributed by atoms with Crippen LogP contribution in [-0.2, 0) is 0 Å². The lowest BCUT2D eigenvalue weighted by Gasteiger charge is -2.19. The molecule has 0 saturated carbocycles. The van der Waals surface area contributed by atoms with Gasteiger partial charge in [-0.1, -0.05) is 6.92 Å². The van der Waals surface area contributed by atoms with E-state index in [-0.39, 0.29) is 5.54 Å². The summed E-state index contributed by atoms with van der Waals surface area (Å²) >= 11 is 0. The third-order valence-corrected chi connectivity index (χ3v) is 1.99. The Morgan fingerprint density at radius 3 is 2.38 bits per heavy atom. The molecule has 3 heteroatoms. The van der Waals surface area contributed by atoms with E-state index < -0.39 is 0 Å². The summed E-state index contributed by atoms with van der Waals surface area (Å²) in [5.74, 6) is 0. The van der Waals surface area contributed by atoms with Gasteiger partial charge >= 0.3 is 0 Å². The van der Waals surface area contributed by atoms with Gasteiger partial charge in [-0.25, -0.2) is 0 Å². The topological polar surface area (TPSA) is 50.1 Å². The SMILES string of the molecule is CCC(C)NCCNCC(C)(C)N. The zero-order chi connectivity index (χ0) is 10.3. The molecule has 0 aromatic heterocycles. The summed E-state index contributed by atoms with van der Waals surface area (Å²) in [7, 11) is 0. The number of nitrogens with two attached hydrogens (primary N) is 1. The summed E-state index contributed by atoms with van der Waals surface area (Å²) in [6, 6.07) is 0.618. The van der Waals surface area contributed by atoms with Crippen molar-refractivity contribution >= 4 is 0 Å². The lowest BCUT2D eigenvalue weighted by Crippen LogP contribution is -2.45. The highest BCUT2D eigenvalue weighted by Gasteiger charge is 2.08. The molecular weight excluding hydrogens is 162 g/mol. The molecule has 0 amide bonds. The lowest BCUT2D eigenvalue weighted by atomic mass is 10.1. The quantitative estimate of drug-likeness (QED) is 0.514. The molecule has 0 aliphatic carbocycles. The summed E-state index contributed by atoms with van der Waals surface area (Å²) in [6.07, 6.45) is 1.18. The van der Waals surface area contributed by atoms with Gasteiger partial charge in [0.15, 0.2) is 0 Å². The first-order valence-corrected chi connectivity index (χ1v) is 5.18. The number of nitrogens with one attached hydrogen (secondary N) is 2. The minimum atomic E-state index is -0.101. The largest absolute Gasteiger partial charge is 0.324 e. The second-order valence-electron chi connectivity index (χ2n) is 4.43. The fourth-order valence-corrected chi connectivity index (χ4v) is 0.962. The second-order valence-corrected chi connectivity index (χ2v) is 4.43. The molecule has 0 fully saturated rings. The maximum absolute atomic E-state index is 5.82. The number of hydrogen-bond acceptors (Lipinski definition) is 3. The molecule has 3 nitrogen and oxygen atoms in total. The van der Waals surface area contributed by atoms with Crippen molar-refractivity contribution in [3.05, 3.63) is 0 Å². The molecule has 1 atom stereocenters. The van der Waals surface area contributed by atoms with E-state index >= 15 is 0 Å². The van der Waals surface area contributed by atoms with E-state index in [9.17, 15) is 0 Å². The van der Waals surface area contributed by atoms with E-state index in [1.54, 1.807) is 0 Å². The van der Waals surface area contributed by atoms with E-state index in [1.165, 1.54) is 6.42 Å². The monoisotopic (exact) mass is 187 g/mol. The molecular formula is C10H25N3. The zero-order valence-electron chi connectivity index (χ0n) is 9.48. The standard InChI is InChI=1S/C10H25N3/c1-5-9(2)13-7-6-12-8-10(3,4)11/h9,12-13H,5-8,11H2,1-4H3. The van der Waals surface area contributed by atoms with Gasteiger partial charge < -0.3 is 16.4 Å². The molecule has 0 radical (unpaired) electrons. The Labute approximate surface area is 82.5 Å². The van der Waals surface area contributed by atoms with Gasteiger partial charge in [0.2, 0.25) is 0 Å². The minimum absolute atomic E-state index is 0.101. The lowest BCUT2D eigenvalue weighted by molar-refractivity contribution is 0.451. The summed E-state index contributed by atoms with van der Waals surface area (Å²) in [5.41, 5.74) is 5.72. The van der Waals surface area contributed by atoms with Gasteiger partial charge in [-0.3, -0.25) is 0 Å². The van der Waals surface area contributed by atoms with Crippen molar-refractivity contribution in [2.75, 3.05) is 19.6 Å². The molecule has 0 aromatic carbocycles. The van der Waals surface area contributed by atoms with Crippen LogP contribution in [0.25, 0.3) is 0 Å². The van der Waals surface area contributed by atoms with Crippen molar-refractivity contribution in [1.82, 2.24) is 10.6 Å². The van der Waals surface area contributed by atoms with E-state index in [4.69, 9.17) is 5.73 Å². The third kappa shape index (κ3) is 9.80. The molecule has 0 aliphatic rings. The predicted molar refractivity (Wildman–Crippen MR) is 58.9 cm³/mol. The minimum Gasteiger partial charge on any atom is -0.324 e. The first-order valence-electron chi connectivity index (χ1n) is 5.18. The van der Waals surface area contributed by atoms with E-state index in [0.717, 1.165) is 19.6 Å². The highest BCUT2D eigenvalue weighted by molar-refractivity contribution is 4.74. The molecule has 0 rings (SSSR count). The molecule has 0 bridgehead atoms. The van der Waals surface area contributed by atoms with Gasteiger partial charge in [0.25, 0.3) is 0 Å². The summed E-state index contributed by atoms with van der Waals surface area (Å²) < 4.78 is 0. The van der Waals surface area contributed by atoms with Crippen molar-refractivity contribution in [3.63, 3.8) is 0 Å². The summed E-state index contributed by atoms with van der Waals surface area (Å²) in [4.78, 5) is 0. The van der Waals surface area contributed by atoms with Crippen LogP contribution in [0, 0.1) is 0 Å². The van der Waals surface area contributed by atoms with Crippen LogP contribution in [0.1, 0.15) is 34.1 Å². The fourth-order valence-electron chi connectivity index (χ4n) is 0.962. The highest BCUT2D eigenvalue weighted by Crippen LogP contribution is 1.91. The van der Waals surface area contributed by atoms with Crippen LogP contribution in [0.5, 0.6) is 0 Å². The Bertz CT molecular complexity index is 118. The van der Waals surface area contributed by atoms with E-state index in [2.05, 4.69) is 24.5 Å². The number of hydrogen-bond donors (Lipinski definition) is 3. The Morgan fingerprint density at radius 2 is 1.92 bits per heavy atom. The molecule has 0 aromatic rings. The van der Waals surface area contributed by atoms with Crippen molar-refractivity contribution in [2.45, 2.75) is 45.7 Å². The van der Waals surface area contributed by atoms with Gasteiger partial charge in [0.05, 0.1) is 0 Å². The van der Waals surface area contributed by atoms with Gasteiger partial charge in [-0.2, -0.15) is 0 Å².